The molecule has 9 heteroatoms. The zero-order valence-corrected chi connectivity index (χ0v) is 14.9. The first-order chi connectivity index (χ1) is 11.2. The second-order valence-corrected chi connectivity index (χ2v) is 8.93. The number of carbonyl (C=O) groups is 1. The van der Waals surface area contributed by atoms with Crippen molar-refractivity contribution in [1.82, 2.24) is 15.2 Å². The van der Waals surface area contributed by atoms with Gasteiger partial charge in [-0.25, -0.2) is 8.42 Å². The van der Waals surface area contributed by atoms with Crippen LogP contribution in [0.3, 0.4) is 0 Å². The maximum absolute atomic E-state index is 12.1. The van der Waals surface area contributed by atoms with Gasteiger partial charge in [-0.1, -0.05) is 0 Å². The van der Waals surface area contributed by atoms with Gasteiger partial charge in [0.2, 0.25) is 5.91 Å². The zero-order valence-electron chi connectivity index (χ0n) is 14.1. The standard InChI is InChI=1S/C15H23N5O3S/c1-15(2)11-20(7-8-24(15,22)23)14(16-3)18-10-13(21)19-12-5-4-6-17-9-12/h4-6,9H,7-8,10-11H2,1-3H3,(H,16,18)(H,19,21). The molecule has 1 aliphatic rings. The fourth-order valence-electron chi connectivity index (χ4n) is 2.46. The Hall–Kier alpha value is -2.16. The van der Waals surface area contributed by atoms with Crippen LogP contribution in [0.1, 0.15) is 13.8 Å². The highest BCUT2D eigenvalue weighted by Gasteiger charge is 2.40. The molecule has 1 saturated heterocycles. The average molecular weight is 353 g/mol. The quantitative estimate of drug-likeness (QED) is 0.590. The largest absolute Gasteiger partial charge is 0.347 e. The number of aliphatic imine (C=N–C) groups is 1. The summed E-state index contributed by atoms with van der Waals surface area (Å²) >= 11 is 0. The van der Waals surface area contributed by atoms with Gasteiger partial charge in [0.05, 0.1) is 28.9 Å². The SMILES string of the molecule is CN=C(NCC(=O)Nc1cccnc1)N1CCS(=O)(=O)C(C)(C)C1. The topological polar surface area (TPSA) is 104 Å². The molecule has 0 saturated carbocycles. The molecule has 0 aliphatic carbocycles. The monoisotopic (exact) mass is 353 g/mol. The summed E-state index contributed by atoms with van der Waals surface area (Å²) in [6.07, 6.45) is 3.19. The highest BCUT2D eigenvalue weighted by molar-refractivity contribution is 7.92. The van der Waals surface area contributed by atoms with Crippen molar-refractivity contribution >= 4 is 27.4 Å². The molecular weight excluding hydrogens is 330 g/mol. The Kier molecular flexibility index (Phi) is 5.43. The summed E-state index contributed by atoms with van der Waals surface area (Å²) in [7, 11) is -1.51. The van der Waals surface area contributed by atoms with E-state index in [1.54, 1.807) is 45.4 Å². The second-order valence-electron chi connectivity index (χ2n) is 6.19. The minimum atomic E-state index is -3.12. The van der Waals surface area contributed by atoms with Gasteiger partial charge in [0, 0.05) is 26.3 Å². The number of nitrogens with one attached hydrogen (secondary N) is 2. The van der Waals surface area contributed by atoms with Crippen LogP contribution in [-0.2, 0) is 14.6 Å². The molecular formula is C15H23N5O3S. The number of guanidine groups is 1. The van der Waals surface area contributed by atoms with Crippen molar-refractivity contribution in [3.05, 3.63) is 24.5 Å². The van der Waals surface area contributed by atoms with Gasteiger partial charge in [-0.15, -0.1) is 0 Å². The first-order valence-corrected chi connectivity index (χ1v) is 9.28. The van der Waals surface area contributed by atoms with E-state index in [-0.39, 0.29) is 18.2 Å². The van der Waals surface area contributed by atoms with Crippen molar-refractivity contribution in [3.63, 3.8) is 0 Å². The fourth-order valence-corrected chi connectivity index (χ4v) is 3.82. The number of hydrogen-bond donors (Lipinski definition) is 2. The Labute approximate surface area is 142 Å². The van der Waals surface area contributed by atoms with Gasteiger partial charge in [0.1, 0.15) is 0 Å². The number of aromatic nitrogens is 1. The van der Waals surface area contributed by atoms with E-state index in [9.17, 15) is 13.2 Å². The molecule has 0 radical (unpaired) electrons. The maximum Gasteiger partial charge on any atom is 0.243 e. The van der Waals surface area contributed by atoms with E-state index in [0.29, 0.717) is 24.7 Å². The highest BCUT2D eigenvalue weighted by Crippen LogP contribution is 2.23. The van der Waals surface area contributed by atoms with Crippen molar-refractivity contribution in [3.8, 4) is 0 Å². The van der Waals surface area contributed by atoms with Crippen LogP contribution < -0.4 is 10.6 Å². The van der Waals surface area contributed by atoms with Crippen molar-refractivity contribution in [2.75, 3.05) is 37.8 Å². The Morgan fingerprint density at radius 1 is 1.46 bits per heavy atom. The summed E-state index contributed by atoms with van der Waals surface area (Å²) < 4.78 is 23.3. The number of pyridine rings is 1. The molecule has 0 bridgehead atoms. The normalized spacial score (nSPS) is 19.6. The highest BCUT2D eigenvalue weighted by atomic mass is 32.2. The summed E-state index contributed by atoms with van der Waals surface area (Å²) in [4.78, 5) is 21.9. The molecule has 0 spiro atoms. The number of carbonyl (C=O) groups excluding carboxylic acids is 1. The van der Waals surface area contributed by atoms with E-state index in [1.807, 2.05) is 4.90 Å². The lowest BCUT2D eigenvalue weighted by molar-refractivity contribution is -0.115. The lowest BCUT2D eigenvalue weighted by atomic mass is 10.2. The fraction of sp³-hybridized carbons (Fsp3) is 0.533. The van der Waals surface area contributed by atoms with E-state index in [2.05, 4.69) is 20.6 Å². The third kappa shape index (κ3) is 4.22. The predicted octanol–water partition coefficient (Wildman–Crippen LogP) is 0.105. The zero-order chi connectivity index (χ0) is 17.8. The minimum absolute atomic E-state index is 0.0330. The third-order valence-electron chi connectivity index (χ3n) is 3.91. The van der Waals surface area contributed by atoms with Crippen LogP contribution in [0.5, 0.6) is 0 Å². The molecule has 1 fully saturated rings. The molecule has 1 aromatic heterocycles. The van der Waals surface area contributed by atoms with E-state index >= 15 is 0 Å². The molecule has 24 heavy (non-hydrogen) atoms. The summed E-state index contributed by atoms with van der Waals surface area (Å²) in [5.41, 5.74) is 0.615. The van der Waals surface area contributed by atoms with E-state index < -0.39 is 14.6 Å². The first-order valence-electron chi connectivity index (χ1n) is 7.63. The number of hydrogen-bond acceptors (Lipinski definition) is 5. The van der Waals surface area contributed by atoms with Crippen molar-refractivity contribution < 1.29 is 13.2 Å². The Morgan fingerprint density at radius 3 is 2.79 bits per heavy atom. The summed E-state index contributed by atoms with van der Waals surface area (Å²) in [6, 6.07) is 3.48. The van der Waals surface area contributed by atoms with Crippen LogP contribution in [0.2, 0.25) is 0 Å². The minimum Gasteiger partial charge on any atom is -0.347 e. The van der Waals surface area contributed by atoms with Crippen LogP contribution >= 0.6 is 0 Å². The van der Waals surface area contributed by atoms with Gasteiger partial charge in [0.15, 0.2) is 15.8 Å². The molecule has 2 heterocycles. The molecule has 0 atom stereocenters. The van der Waals surface area contributed by atoms with E-state index in [4.69, 9.17) is 0 Å². The van der Waals surface area contributed by atoms with Crippen molar-refractivity contribution in [2.45, 2.75) is 18.6 Å². The van der Waals surface area contributed by atoms with Crippen LogP contribution in [0, 0.1) is 0 Å². The Balaban J connectivity index is 1.92. The summed E-state index contributed by atoms with van der Waals surface area (Å²) in [6.45, 7) is 4.13. The third-order valence-corrected chi connectivity index (χ3v) is 6.44. The molecule has 2 N–H and O–H groups in total. The molecule has 2 rings (SSSR count). The summed E-state index contributed by atoms with van der Waals surface area (Å²) in [5, 5.41) is 5.69. The van der Waals surface area contributed by atoms with Gasteiger partial charge in [-0.2, -0.15) is 0 Å². The molecule has 8 nitrogen and oxygen atoms in total. The average Bonchev–Trinajstić information content (AvgIpc) is 2.52. The van der Waals surface area contributed by atoms with Gasteiger partial charge in [0.25, 0.3) is 0 Å². The molecule has 132 valence electrons. The van der Waals surface area contributed by atoms with Gasteiger partial charge >= 0.3 is 0 Å². The number of anilines is 1. The lowest BCUT2D eigenvalue weighted by Crippen LogP contribution is -2.57. The summed E-state index contributed by atoms with van der Waals surface area (Å²) in [5.74, 6) is 0.357. The molecule has 0 aromatic carbocycles. The maximum atomic E-state index is 12.1. The van der Waals surface area contributed by atoms with Crippen molar-refractivity contribution in [2.24, 2.45) is 4.99 Å². The van der Waals surface area contributed by atoms with E-state index in [1.165, 1.54) is 0 Å². The van der Waals surface area contributed by atoms with Crippen molar-refractivity contribution in [1.29, 1.82) is 0 Å². The van der Waals surface area contributed by atoms with Crippen LogP contribution in [0.4, 0.5) is 5.69 Å². The van der Waals surface area contributed by atoms with Gasteiger partial charge in [-0.3, -0.25) is 14.8 Å². The Morgan fingerprint density at radius 2 is 2.21 bits per heavy atom. The number of rotatable bonds is 3. The van der Waals surface area contributed by atoms with E-state index in [0.717, 1.165) is 0 Å². The van der Waals surface area contributed by atoms with Crippen LogP contribution in [-0.4, -0.2) is 67.4 Å². The molecule has 0 unspecified atom stereocenters. The van der Waals surface area contributed by atoms with Crippen LogP contribution in [0.15, 0.2) is 29.5 Å². The van der Waals surface area contributed by atoms with Gasteiger partial charge < -0.3 is 15.5 Å². The number of amides is 1. The number of sulfone groups is 1. The Bertz CT molecular complexity index is 716. The van der Waals surface area contributed by atoms with Crippen LogP contribution in [0.25, 0.3) is 0 Å². The predicted molar refractivity (Wildman–Crippen MR) is 93.7 cm³/mol. The molecule has 1 aliphatic heterocycles. The van der Waals surface area contributed by atoms with Gasteiger partial charge in [-0.05, 0) is 26.0 Å². The molecule has 1 amide bonds. The first kappa shape index (κ1) is 18.2. The molecule has 1 aromatic rings. The number of nitrogens with zero attached hydrogens (tertiary/aromatic N) is 3. The second kappa shape index (κ2) is 7.16. The lowest BCUT2D eigenvalue weighted by Gasteiger charge is -2.39. The smallest absolute Gasteiger partial charge is 0.243 e.